The lowest BCUT2D eigenvalue weighted by molar-refractivity contribution is -0.384. The van der Waals surface area contributed by atoms with Gasteiger partial charge in [-0.3, -0.25) is 14.9 Å². The molecule has 180 valence electrons. The van der Waals surface area contributed by atoms with E-state index in [1.807, 2.05) is 13.8 Å². The summed E-state index contributed by atoms with van der Waals surface area (Å²) < 4.78 is 32.8. The Kier molecular flexibility index (Phi) is 9.18. The van der Waals surface area contributed by atoms with Gasteiger partial charge >= 0.3 is 0 Å². The number of hydrogen-bond acceptors (Lipinski definition) is 7. The fourth-order valence-electron chi connectivity index (χ4n) is 3.14. The summed E-state index contributed by atoms with van der Waals surface area (Å²) in [4.78, 5) is 23.2. The molecule has 0 unspecified atom stereocenters. The number of anilines is 2. The van der Waals surface area contributed by atoms with Crippen LogP contribution in [-0.2, 0) is 14.8 Å². The van der Waals surface area contributed by atoms with Gasteiger partial charge in [-0.1, -0.05) is 26.0 Å². The number of nitrogens with zero attached hydrogens (tertiary/aromatic N) is 2. The van der Waals surface area contributed by atoms with Gasteiger partial charge in [-0.25, -0.2) is 8.42 Å². The van der Waals surface area contributed by atoms with Crippen LogP contribution < -0.4 is 15.4 Å². The summed E-state index contributed by atoms with van der Waals surface area (Å²) >= 11 is 0. The highest BCUT2D eigenvalue weighted by Crippen LogP contribution is 2.30. The molecule has 2 aromatic carbocycles. The first-order valence-electron chi connectivity index (χ1n) is 10.7. The third-order valence-corrected chi connectivity index (χ3v) is 6.75. The molecule has 1 amide bonds. The zero-order valence-electron chi connectivity index (χ0n) is 19.2. The van der Waals surface area contributed by atoms with E-state index in [4.69, 9.17) is 4.74 Å². The topological polar surface area (TPSA) is 131 Å². The molecule has 0 aliphatic carbocycles. The number of carbonyl (C=O) groups excluding carboxylic acids is 1. The van der Waals surface area contributed by atoms with Crippen molar-refractivity contribution in [1.82, 2.24) is 4.31 Å². The number of nitrogens with one attached hydrogen (secondary N) is 2. The number of nitro benzene ring substituents is 1. The number of ether oxygens (including phenoxy) is 1. The lowest BCUT2D eigenvalue weighted by Gasteiger charge is -2.20. The SMILES string of the molecule is CCN(CC)S(=O)(=O)c1ccc(OC(C)C)c(NC(=O)CCNc2ccccc2[N+](=O)[O-])c1. The number of benzene rings is 2. The molecule has 0 heterocycles. The van der Waals surface area contributed by atoms with Crippen LogP contribution in [0.4, 0.5) is 17.1 Å². The number of rotatable bonds is 12. The third kappa shape index (κ3) is 6.90. The van der Waals surface area contributed by atoms with Gasteiger partial charge in [0.25, 0.3) is 5.69 Å². The van der Waals surface area contributed by atoms with Crippen LogP contribution in [-0.4, -0.2) is 49.3 Å². The van der Waals surface area contributed by atoms with Gasteiger partial charge in [-0.2, -0.15) is 4.31 Å². The maximum atomic E-state index is 12.9. The van der Waals surface area contributed by atoms with Crippen molar-refractivity contribution in [3.63, 3.8) is 0 Å². The summed E-state index contributed by atoms with van der Waals surface area (Å²) in [6, 6.07) is 10.5. The van der Waals surface area contributed by atoms with E-state index in [0.29, 0.717) is 24.5 Å². The van der Waals surface area contributed by atoms with Gasteiger partial charge < -0.3 is 15.4 Å². The number of para-hydroxylation sites is 2. The molecule has 0 aromatic heterocycles. The van der Waals surface area contributed by atoms with Crippen LogP contribution in [0.1, 0.15) is 34.1 Å². The molecule has 0 bridgehead atoms. The lowest BCUT2D eigenvalue weighted by atomic mass is 10.2. The van der Waals surface area contributed by atoms with Crippen LogP contribution in [0.3, 0.4) is 0 Å². The molecule has 11 heteroatoms. The maximum Gasteiger partial charge on any atom is 0.292 e. The zero-order valence-corrected chi connectivity index (χ0v) is 20.0. The summed E-state index contributed by atoms with van der Waals surface area (Å²) in [7, 11) is -3.72. The number of hydrogen-bond donors (Lipinski definition) is 2. The number of carbonyl (C=O) groups is 1. The Balaban J connectivity index is 2.18. The normalized spacial score (nSPS) is 11.5. The van der Waals surface area contributed by atoms with E-state index in [0.717, 1.165) is 0 Å². The van der Waals surface area contributed by atoms with Crippen LogP contribution in [0.25, 0.3) is 0 Å². The highest BCUT2D eigenvalue weighted by atomic mass is 32.2. The molecule has 0 aliphatic rings. The molecule has 0 aliphatic heterocycles. The largest absolute Gasteiger partial charge is 0.489 e. The lowest BCUT2D eigenvalue weighted by Crippen LogP contribution is -2.30. The van der Waals surface area contributed by atoms with Crippen molar-refractivity contribution in [2.45, 2.75) is 45.1 Å². The average molecular weight is 479 g/mol. The van der Waals surface area contributed by atoms with E-state index in [9.17, 15) is 23.3 Å². The van der Waals surface area contributed by atoms with Crippen molar-refractivity contribution in [3.05, 3.63) is 52.6 Å². The quantitative estimate of drug-likeness (QED) is 0.350. The van der Waals surface area contributed by atoms with E-state index in [1.54, 1.807) is 32.0 Å². The third-order valence-electron chi connectivity index (χ3n) is 4.70. The first kappa shape index (κ1) is 26.1. The van der Waals surface area contributed by atoms with Crippen molar-refractivity contribution < 1.29 is 22.9 Å². The van der Waals surface area contributed by atoms with E-state index in [2.05, 4.69) is 10.6 Å². The first-order valence-corrected chi connectivity index (χ1v) is 12.1. The zero-order chi connectivity index (χ0) is 24.6. The molecule has 0 spiro atoms. The predicted molar refractivity (Wildman–Crippen MR) is 127 cm³/mol. The summed E-state index contributed by atoms with van der Waals surface area (Å²) in [5, 5.41) is 16.7. The fraction of sp³-hybridized carbons (Fsp3) is 0.409. The number of amides is 1. The Morgan fingerprint density at radius 3 is 2.39 bits per heavy atom. The summed E-state index contributed by atoms with van der Waals surface area (Å²) in [6.45, 7) is 7.94. The molecule has 2 N–H and O–H groups in total. The van der Waals surface area contributed by atoms with Crippen molar-refractivity contribution in [2.75, 3.05) is 30.3 Å². The molecule has 0 atom stereocenters. The average Bonchev–Trinajstić information content (AvgIpc) is 2.75. The summed E-state index contributed by atoms with van der Waals surface area (Å²) in [6.07, 6.45) is -0.189. The van der Waals surface area contributed by atoms with Crippen molar-refractivity contribution >= 4 is 33.0 Å². The van der Waals surface area contributed by atoms with Gasteiger partial charge in [-0.05, 0) is 38.1 Å². The Morgan fingerprint density at radius 2 is 1.79 bits per heavy atom. The molecule has 10 nitrogen and oxygen atoms in total. The van der Waals surface area contributed by atoms with Crippen LogP contribution >= 0.6 is 0 Å². The molecule has 33 heavy (non-hydrogen) atoms. The second-order valence-electron chi connectivity index (χ2n) is 7.41. The number of nitro groups is 1. The van der Waals surface area contributed by atoms with Crippen LogP contribution in [0.5, 0.6) is 5.75 Å². The Bertz CT molecular complexity index is 1080. The summed E-state index contributed by atoms with van der Waals surface area (Å²) in [5.41, 5.74) is 0.471. The Labute approximate surface area is 194 Å². The van der Waals surface area contributed by atoms with Crippen molar-refractivity contribution in [2.24, 2.45) is 0 Å². The van der Waals surface area contributed by atoms with Crippen LogP contribution in [0.15, 0.2) is 47.4 Å². The monoisotopic (exact) mass is 478 g/mol. The van der Waals surface area contributed by atoms with Gasteiger partial charge in [0.05, 0.1) is 21.6 Å². The molecule has 0 saturated heterocycles. The highest BCUT2D eigenvalue weighted by molar-refractivity contribution is 7.89. The van der Waals surface area contributed by atoms with Gasteiger partial charge in [-0.15, -0.1) is 0 Å². The highest BCUT2D eigenvalue weighted by Gasteiger charge is 2.23. The predicted octanol–water partition coefficient (Wildman–Crippen LogP) is 3.85. The number of sulfonamides is 1. The van der Waals surface area contributed by atoms with E-state index in [-0.39, 0.29) is 35.3 Å². The molecular formula is C22H30N4O6S. The van der Waals surface area contributed by atoms with Gasteiger partial charge in [0.2, 0.25) is 15.9 Å². The standard InChI is InChI=1S/C22H30N4O6S/c1-5-25(6-2)33(30,31)17-11-12-21(32-16(3)4)19(15-17)24-22(27)13-14-23-18-9-7-8-10-20(18)26(28)29/h7-12,15-16,23H,5-6,13-14H2,1-4H3,(H,24,27). The first-order chi connectivity index (χ1) is 15.6. The minimum atomic E-state index is -3.72. The van der Waals surface area contributed by atoms with Gasteiger partial charge in [0.15, 0.2) is 0 Å². The molecule has 2 aromatic rings. The maximum absolute atomic E-state index is 12.9. The van der Waals surface area contributed by atoms with E-state index >= 15 is 0 Å². The molecular weight excluding hydrogens is 448 g/mol. The molecule has 0 fully saturated rings. The minimum Gasteiger partial charge on any atom is -0.489 e. The van der Waals surface area contributed by atoms with E-state index in [1.165, 1.54) is 28.6 Å². The second-order valence-corrected chi connectivity index (χ2v) is 9.35. The molecule has 0 radical (unpaired) electrons. The second kappa shape index (κ2) is 11.6. The van der Waals surface area contributed by atoms with Crippen LogP contribution in [0.2, 0.25) is 0 Å². The van der Waals surface area contributed by atoms with Gasteiger partial charge in [0.1, 0.15) is 11.4 Å². The Hall–Kier alpha value is -3.18. The van der Waals surface area contributed by atoms with Crippen LogP contribution in [0, 0.1) is 10.1 Å². The molecule has 2 rings (SSSR count). The van der Waals surface area contributed by atoms with Gasteiger partial charge in [0, 0.05) is 32.1 Å². The minimum absolute atomic E-state index is 0.000188. The Morgan fingerprint density at radius 1 is 1.12 bits per heavy atom. The van der Waals surface area contributed by atoms with Crippen molar-refractivity contribution in [1.29, 1.82) is 0 Å². The summed E-state index contributed by atoms with van der Waals surface area (Å²) in [5.74, 6) is -0.0458. The molecule has 0 saturated carbocycles. The fourth-order valence-corrected chi connectivity index (χ4v) is 4.63. The van der Waals surface area contributed by atoms with E-state index < -0.39 is 20.9 Å². The van der Waals surface area contributed by atoms with Crippen molar-refractivity contribution in [3.8, 4) is 5.75 Å². The smallest absolute Gasteiger partial charge is 0.292 e.